The van der Waals surface area contributed by atoms with Crippen LogP contribution in [-0.2, 0) is 11.2 Å². The average Bonchev–Trinajstić information content (AvgIpc) is 2.57. The van der Waals surface area contributed by atoms with Gasteiger partial charge in [-0.3, -0.25) is 9.78 Å². The number of nitrogens with zero attached hydrogens (tertiary/aromatic N) is 1. The number of aryl methyl sites for hydroxylation is 1. The molecule has 0 saturated heterocycles. The van der Waals surface area contributed by atoms with E-state index in [9.17, 15) is 18.7 Å². The summed E-state index contributed by atoms with van der Waals surface area (Å²) in [6.45, 7) is 0. The molecule has 1 atom stereocenters. The van der Waals surface area contributed by atoms with Crippen molar-refractivity contribution in [2.75, 3.05) is 0 Å². The van der Waals surface area contributed by atoms with Crippen LogP contribution in [0.3, 0.4) is 0 Å². The van der Waals surface area contributed by atoms with E-state index in [-0.39, 0.29) is 36.8 Å². The zero-order valence-corrected chi connectivity index (χ0v) is 13.7. The molecule has 0 radical (unpaired) electrons. The first-order valence-corrected chi connectivity index (χ1v) is 8.35. The Kier molecular flexibility index (Phi) is 5.38. The van der Waals surface area contributed by atoms with Crippen LogP contribution in [0.2, 0.25) is 0 Å². The Hall–Kier alpha value is -2.34. The van der Waals surface area contributed by atoms with E-state index in [1.165, 1.54) is 12.1 Å². The van der Waals surface area contributed by atoms with Crippen molar-refractivity contribution in [1.29, 1.82) is 0 Å². The van der Waals surface area contributed by atoms with E-state index in [1.54, 1.807) is 12.3 Å². The Balaban J connectivity index is 1.62. The molecule has 1 fully saturated rings. The van der Waals surface area contributed by atoms with E-state index >= 15 is 0 Å². The zero-order chi connectivity index (χ0) is 17.8. The minimum absolute atomic E-state index is 0.0984. The Morgan fingerprint density at radius 3 is 2.72 bits per heavy atom. The van der Waals surface area contributed by atoms with Crippen molar-refractivity contribution < 1.29 is 18.7 Å². The van der Waals surface area contributed by atoms with E-state index in [0.717, 1.165) is 11.8 Å². The van der Waals surface area contributed by atoms with Gasteiger partial charge in [0.2, 0.25) is 5.91 Å². The van der Waals surface area contributed by atoms with Gasteiger partial charge < -0.3 is 10.4 Å². The second-order valence-corrected chi connectivity index (χ2v) is 6.42. The summed E-state index contributed by atoms with van der Waals surface area (Å²) in [6, 6.07) is 8.59. The van der Waals surface area contributed by atoms with Crippen LogP contribution in [0.25, 0.3) is 0 Å². The fourth-order valence-corrected chi connectivity index (χ4v) is 3.11. The lowest BCUT2D eigenvalue weighted by Gasteiger charge is -2.37. The summed E-state index contributed by atoms with van der Waals surface area (Å²) < 4.78 is 26.6. The lowest BCUT2D eigenvalue weighted by Crippen LogP contribution is -2.41. The van der Waals surface area contributed by atoms with Crippen molar-refractivity contribution in [1.82, 2.24) is 10.3 Å². The van der Waals surface area contributed by atoms with Crippen LogP contribution in [-0.4, -0.2) is 22.1 Å². The third-order valence-electron chi connectivity index (χ3n) is 4.58. The number of aromatic nitrogens is 1. The lowest BCUT2D eigenvalue weighted by molar-refractivity contribution is -0.123. The average molecular weight is 346 g/mol. The maximum absolute atomic E-state index is 13.7. The predicted molar refractivity (Wildman–Crippen MR) is 88.5 cm³/mol. The fraction of sp³-hybridized carbons (Fsp3) is 0.368. The monoisotopic (exact) mass is 346 g/mol. The van der Waals surface area contributed by atoms with Crippen LogP contribution in [0.4, 0.5) is 8.78 Å². The number of carbonyl (C=O) groups excluding carboxylic acids is 1. The minimum Gasteiger partial charge on any atom is -0.393 e. The van der Waals surface area contributed by atoms with Crippen molar-refractivity contribution >= 4 is 5.91 Å². The molecule has 132 valence electrons. The summed E-state index contributed by atoms with van der Waals surface area (Å²) >= 11 is 0. The van der Waals surface area contributed by atoms with Gasteiger partial charge >= 0.3 is 0 Å². The molecule has 25 heavy (non-hydrogen) atoms. The molecule has 1 amide bonds. The molecule has 1 aromatic heterocycles. The molecule has 1 saturated carbocycles. The number of nitrogens with one attached hydrogen (secondary N) is 1. The predicted octanol–water partition coefficient (Wildman–Crippen LogP) is 2.92. The molecule has 0 unspecified atom stereocenters. The van der Waals surface area contributed by atoms with E-state index in [4.69, 9.17) is 0 Å². The highest BCUT2D eigenvalue weighted by atomic mass is 19.1. The highest BCUT2D eigenvalue weighted by Gasteiger charge is 2.36. The first-order chi connectivity index (χ1) is 12.0. The number of benzene rings is 1. The molecule has 1 heterocycles. The van der Waals surface area contributed by atoms with Gasteiger partial charge in [-0.1, -0.05) is 12.1 Å². The maximum atomic E-state index is 13.7. The third kappa shape index (κ3) is 4.39. The normalized spacial score (nSPS) is 20.6. The molecular formula is C19H20F2N2O2. The molecule has 1 aromatic carbocycles. The van der Waals surface area contributed by atoms with Gasteiger partial charge in [0.15, 0.2) is 0 Å². The smallest absolute Gasteiger partial charge is 0.220 e. The first kappa shape index (κ1) is 17.5. The standard InChI is InChI=1S/C19H20F2N2O2/c20-14-6-4-12(16(21)11-14)5-7-18(25)23-19(13-9-15(24)10-13)17-3-1-2-8-22-17/h1-4,6,8,11,13,15,19,24H,5,7,9-10H2,(H,23,25)/t13?,15?,19-/m1/s1. The number of aliphatic hydroxyl groups excluding tert-OH is 1. The van der Waals surface area contributed by atoms with E-state index < -0.39 is 11.6 Å². The molecule has 0 aliphatic heterocycles. The summed E-state index contributed by atoms with van der Waals surface area (Å²) in [7, 11) is 0. The molecule has 4 nitrogen and oxygen atoms in total. The summed E-state index contributed by atoms with van der Waals surface area (Å²) in [6.07, 6.45) is 2.86. The van der Waals surface area contributed by atoms with Gasteiger partial charge in [0.25, 0.3) is 0 Å². The lowest BCUT2D eigenvalue weighted by atomic mass is 9.76. The van der Waals surface area contributed by atoms with Gasteiger partial charge in [-0.05, 0) is 48.9 Å². The summed E-state index contributed by atoms with van der Waals surface area (Å²) in [5.74, 6) is -1.36. The van der Waals surface area contributed by atoms with Crippen molar-refractivity contribution in [3.63, 3.8) is 0 Å². The SMILES string of the molecule is O=C(CCc1ccc(F)cc1F)N[C@@H](c1ccccn1)C1CC(O)C1. The van der Waals surface area contributed by atoms with Crippen LogP contribution in [0, 0.1) is 17.6 Å². The van der Waals surface area contributed by atoms with Gasteiger partial charge in [0.05, 0.1) is 17.8 Å². The number of hydrogen-bond acceptors (Lipinski definition) is 3. The number of hydrogen-bond donors (Lipinski definition) is 2. The summed E-state index contributed by atoms with van der Waals surface area (Å²) in [4.78, 5) is 16.6. The van der Waals surface area contributed by atoms with Crippen LogP contribution in [0.1, 0.15) is 36.6 Å². The summed E-state index contributed by atoms with van der Waals surface area (Å²) in [5, 5.41) is 12.5. The van der Waals surface area contributed by atoms with E-state index in [2.05, 4.69) is 10.3 Å². The molecule has 6 heteroatoms. The van der Waals surface area contributed by atoms with E-state index in [1.807, 2.05) is 12.1 Å². The molecular weight excluding hydrogens is 326 g/mol. The second-order valence-electron chi connectivity index (χ2n) is 6.42. The highest BCUT2D eigenvalue weighted by molar-refractivity contribution is 5.76. The molecule has 3 rings (SSSR count). The van der Waals surface area contributed by atoms with Crippen molar-refractivity contribution in [2.45, 2.75) is 37.8 Å². The quantitative estimate of drug-likeness (QED) is 0.845. The van der Waals surface area contributed by atoms with Crippen molar-refractivity contribution in [2.24, 2.45) is 5.92 Å². The fourth-order valence-electron chi connectivity index (χ4n) is 3.11. The van der Waals surface area contributed by atoms with Gasteiger partial charge in [-0.15, -0.1) is 0 Å². The molecule has 2 aromatic rings. The van der Waals surface area contributed by atoms with Crippen LogP contribution < -0.4 is 5.32 Å². The Bertz CT molecular complexity index is 733. The second kappa shape index (κ2) is 7.70. The number of amides is 1. The number of pyridine rings is 1. The van der Waals surface area contributed by atoms with Gasteiger partial charge in [-0.2, -0.15) is 0 Å². The van der Waals surface area contributed by atoms with Crippen LogP contribution in [0.5, 0.6) is 0 Å². The third-order valence-corrected chi connectivity index (χ3v) is 4.58. The molecule has 1 aliphatic rings. The number of halogens is 2. The Labute approximate surface area is 144 Å². The number of carbonyl (C=O) groups is 1. The number of rotatable bonds is 6. The first-order valence-electron chi connectivity index (χ1n) is 8.35. The molecule has 0 bridgehead atoms. The Morgan fingerprint density at radius 1 is 1.28 bits per heavy atom. The van der Waals surface area contributed by atoms with Gasteiger partial charge in [0, 0.05) is 18.7 Å². The van der Waals surface area contributed by atoms with Crippen molar-refractivity contribution in [3.8, 4) is 0 Å². The highest BCUT2D eigenvalue weighted by Crippen LogP contribution is 2.37. The Morgan fingerprint density at radius 2 is 2.08 bits per heavy atom. The van der Waals surface area contributed by atoms with Crippen LogP contribution >= 0.6 is 0 Å². The van der Waals surface area contributed by atoms with Crippen molar-refractivity contribution in [3.05, 3.63) is 65.5 Å². The molecule has 1 aliphatic carbocycles. The maximum Gasteiger partial charge on any atom is 0.220 e. The van der Waals surface area contributed by atoms with Crippen LogP contribution in [0.15, 0.2) is 42.6 Å². The van der Waals surface area contributed by atoms with Gasteiger partial charge in [-0.25, -0.2) is 8.78 Å². The topological polar surface area (TPSA) is 62.2 Å². The minimum atomic E-state index is -0.642. The molecule has 2 N–H and O–H groups in total. The van der Waals surface area contributed by atoms with Gasteiger partial charge in [0.1, 0.15) is 11.6 Å². The largest absolute Gasteiger partial charge is 0.393 e. The summed E-state index contributed by atoms with van der Waals surface area (Å²) in [5.41, 5.74) is 1.06. The number of aliphatic hydroxyl groups is 1. The zero-order valence-electron chi connectivity index (χ0n) is 13.7. The molecule has 0 spiro atoms. The van der Waals surface area contributed by atoms with E-state index in [0.29, 0.717) is 18.4 Å².